The molecule has 0 radical (unpaired) electrons. The summed E-state index contributed by atoms with van der Waals surface area (Å²) in [5.41, 5.74) is 1.88. The molecule has 0 unspecified atom stereocenters. The van der Waals surface area contributed by atoms with Crippen LogP contribution in [0.2, 0.25) is 0 Å². The lowest BCUT2D eigenvalue weighted by Crippen LogP contribution is -2.48. The zero-order chi connectivity index (χ0) is 29.6. The van der Waals surface area contributed by atoms with E-state index >= 15 is 0 Å². The van der Waals surface area contributed by atoms with Crippen molar-refractivity contribution in [3.8, 4) is 5.75 Å². The molecule has 0 saturated carbocycles. The molecule has 14 heteroatoms. The van der Waals surface area contributed by atoms with Gasteiger partial charge in [-0.25, -0.2) is 18.4 Å². The molecule has 0 atom stereocenters. The van der Waals surface area contributed by atoms with Gasteiger partial charge in [0.1, 0.15) is 12.1 Å². The number of carbonyl (C=O) groups excluding carboxylic acids is 1. The van der Waals surface area contributed by atoms with Crippen molar-refractivity contribution in [2.45, 2.75) is 36.8 Å². The average molecular weight is 584 g/mol. The first-order chi connectivity index (χ1) is 19.6. The number of piperazine rings is 1. The van der Waals surface area contributed by atoms with Crippen molar-refractivity contribution in [2.75, 3.05) is 48.8 Å². The molecule has 3 N–H and O–H groups in total. The summed E-state index contributed by atoms with van der Waals surface area (Å²) in [6, 6.07) is 12.2. The smallest absolute Gasteiger partial charge is 0.303 e. The number of carboxylic acids is 1. The summed E-state index contributed by atoms with van der Waals surface area (Å²) in [5, 5.41) is 14.3. The van der Waals surface area contributed by atoms with Crippen molar-refractivity contribution >= 4 is 50.7 Å². The highest BCUT2D eigenvalue weighted by molar-refractivity contribution is 7.92. The second-order valence-electron chi connectivity index (χ2n) is 9.62. The third-order valence-electron chi connectivity index (χ3n) is 6.61. The van der Waals surface area contributed by atoms with Crippen molar-refractivity contribution in [1.82, 2.24) is 19.9 Å². The molecule has 1 aliphatic heterocycles. The molecule has 0 spiro atoms. The number of aliphatic carboxylic acids is 1. The van der Waals surface area contributed by atoms with Gasteiger partial charge in [0.15, 0.2) is 9.84 Å². The fourth-order valence-corrected chi connectivity index (χ4v) is 5.50. The van der Waals surface area contributed by atoms with Crippen LogP contribution in [0.3, 0.4) is 0 Å². The topological polar surface area (TPSA) is 167 Å². The molecule has 0 aliphatic carbocycles. The average Bonchev–Trinajstić information content (AvgIpc) is 2.96. The zero-order valence-electron chi connectivity index (χ0n) is 23.1. The van der Waals surface area contributed by atoms with Crippen LogP contribution in [0.4, 0.5) is 29.0 Å². The van der Waals surface area contributed by atoms with Crippen LogP contribution in [0.15, 0.2) is 53.7 Å². The van der Waals surface area contributed by atoms with E-state index in [0.717, 1.165) is 5.69 Å². The highest BCUT2D eigenvalue weighted by Gasteiger charge is 2.24. The quantitative estimate of drug-likeness (QED) is 0.302. The van der Waals surface area contributed by atoms with Gasteiger partial charge in [-0.3, -0.25) is 9.59 Å². The Morgan fingerprint density at radius 3 is 2.27 bits per heavy atom. The molecular formula is C27H33N7O6S. The molecule has 0 bridgehead atoms. The molecule has 13 nitrogen and oxygen atoms in total. The van der Waals surface area contributed by atoms with Gasteiger partial charge >= 0.3 is 5.97 Å². The van der Waals surface area contributed by atoms with Crippen LogP contribution in [-0.2, 0) is 19.4 Å². The molecule has 41 heavy (non-hydrogen) atoms. The number of amides is 1. The van der Waals surface area contributed by atoms with Crippen LogP contribution >= 0.6 is 0 Å². The van der Waals surface area contributed by atoms with E-state index in [4.69, 9.17) is 9.84 Å². The number of sulfone groups is 1. The number of aromatic nitrogens is 3. The van der Waals surface area contributed by atoms with Crippen LogP contribution in [0.5, 0.6) is 5.75 Å². The number of ether oxygens (including phenoxy) is 1. The number of hydrogen-bond donors (Lipinski definition) is 3. The van der Waals surface area contributed by atoms with Crippen LogP contribution < -0.4 is 20.3 Å². The lowest BCUT2D eigenvalue weighted by molar-refractivity contribution is -0.141. The van der Waals surface area contributed by atoms with E-state index in [0.29, 0.717) is 43.3 Å². The molecule has 1 saturated heterocycles. The third-order valence-corrected chi connectivity index (χ3v) is 8.82. The maximum absolute atomic E-state index is 12.8. The minimum absolute atomic E-state index is 0.00138. The van der Waals surface area contributed by atoms with Gasteiger partial charge in [-0.05, 0) is 38.1 Å². The molecular weight excluding hydrogens is 550 g/mol. The number of benzene rings is 2. The van der Waals surface area contributed by atoms with E-state index in [9.17, 15) is 18.0 Å². The Hall–Kier alpha value is -4.46. The van der Waals surface area contributed by atoms with Crippen molar-refractivity contribution in [3.63, 3.8) is 0 Å². The van der Waals surface area contributed by atoms with Crippen molar-refractivity contribution in [3.05, 3.63) is 48.8 Å². The molecule has 3 aromatic rings. The SMILES string of the molecule is COc1cc(N2CCN(C(=O)CCC(=O)O)CC2)ccc1Nc1ncnc(Nc2ccccc2S(=O)(=O)C(C)C)n1. The summed E-state index contributed by atoms with van der Waals surface area (Å²) in [7, 11) is -1.98. The third kappa shape index (κ3) is 7.20. The first-order valence-electron chi connectivity index (χ1n) is 13.1. The monoisotopic (exact) mass is 583 g/mol. The largest absolute Gasteiger partial charge is 0.494 e. The lowest BCUT2D eigenvalue weighted by atomic mass is 10.2. The molecule has 2 aromatic carbocycles. The van der Waals surface area contributed by atoms with E-state index < -0.39 is 21.1 Å². The zero-order valence-corrected chi connectivity index (χ0v) is 23.9. The van der Waals surface area contributed by atoms with Crippen molar-refractivity contribution < 1.29 is 27.9 Å². The Kier molecular flexibility index (Phi) is 9.22. The van der Waals surface area contributed by atoms with Crippen LogP contribution in [0.25, 0.3) is 0 Å². The van der Waals surface area contributed by atoms with Gasteiger partial charge in [0, 0.05) is 44.4 Å². The van der Waals surface area contributed by atoms with Gasteiger partial charge in [0.05, 0.1) is 35.1 Å². The molecule has 4 rings (SSSR count). The predicted molar refractivity (Wildman–Crippen MR) is 154 cm³/mol. The standard InChI is InChI=1S/C27H33N7O6S/c1-18(2)41(38,39)23-7-5-4-6-21(23)31-27-29-17-28-26(32-27)30-20-9-8-19(16-22(20)40-3)33-12-14-34(15-13-33)24(35)10-11-25(36)37/h4-9,16-18H,10-15H2,1-3H3,(H,36,37)(H2,28,29,30,31,32). The van der Waals surface area contributed by atoms with Gasteiger partial charge in [-0.1, -0.05) is 12.1 Å². The molecule has 218 valence electrons. The maximum atomic E-state index is 12.8. The Morgan fingerprint density at radius 1 is 0.976 bits per heavy atom. The normalized spacial score (nSPS) is 13.7. The summed E-state index contributed by atoms with van der Waals surface area (Å²) >= 11 is 0. The predicted octanol–water partition coefficient (Wildman–Crippen LogP) is 3.06. The molecule has 1 amide bonds. The second-order valence-corrected chi connectivity index (χ2v) is 12.1. The van der Waals surface area contributed by atoms with Crippen LogP contribution in [-0.4, -0.2) is 83.8 Å². The van der Waals surface area contributed by atoms with Gasteiger partial charge in [0.2, 0.25) is 17.8 Å². The minimum Gasteiger partial charge on any atom is -0.494 e. The van der Waals surface area contributed by atoms with E-state index in [1.807, 2.05) is 18.2 Å². The highest BCUT2D eigenvalue weighted by atomic mass is 32.2. The molecule has 1 fully saturated rings. The number of nitrogens with zero attached hydrogens (tertiary/aromatic N) is 5. The lowest BCUT2D eigenvalue weighted by Gasteiger charge is -2.36. The Labute approximate surface area is 238 Å². The minimum atomic E-state index is -3.53. The Morgan fingerprint density at radius 2 is 1.63 bits per heavy atom. The van der Waals surface area contributed by atoms with Gasteiger partial charge < -0.3 is 30.3 Å². The highest BCUT2D eigenvalue weighted by Crippen LogP contribution is 2.32. The molecule has 1 aromatic heterocycles. The van der Waals surface area contributed by atoms with Crippen LogP contribution in [0, 0.1) is 0 Å². The fourth-order valence-electron chi connectivity index (χ4n) is 4.30. The summed E-state index contributed by atoms with van der Waals surface area (Å²) in [4.78, 5) is 39.7. The summed E-state index contributed by atoms with van der Waals surface area (Å²) in [5.74, 6) is -0.192. The Balaban J connectivity index is 1.44. The summed E-state index contributed by atoms with van der Waals surface area (Å²) < 4.78 is 31.2. The number of methoxy groups -OCH3 is 1. The summed E-state index contributed by atoms with van der Waals surface area (Å²) in [6.45, 7) is 5.46. The molecule has 1 aliphatic rings. The molecule has 2 heterocycles. The van der Waals surface area contributed by atoms with E-state index in [-0.39, 0.29) is 35.5 Å². The maximum Gasteiger partial charge on any atom is 0.303 e. The van der Waals surface area contributed by atoms with E-state index in [1.54, 1.807) is 50.1 Å². The van der Waals surface area contributed by atoms with Gasteiger partial charge in [0.25, 0.3) is 0 Å². The Bertz CT molecular complexity index is 1510. The number of para-hydroxylation sites is 1. The number of nitrogens with one attached hydrogen (secondary N) is 2. The number of rotatable bonds is 11. The summed E-state index contributed by atoms with van der Waals surface area (Å²) in [6.07, 6.45) is 1.15. The first-order valence-corrected chi connectivity index (χ1v) is 14.6. The van der Waals surface area contributed by atoms with Gasteiger partial charge in [-0.2, -0.15) is 4.98 Å². The number of anilines is 5. The van der Waals surface area contributed by atoms with E-state index in [1.165, 1.54) is 6.33 Å². The number of hydrogen-bond acceptors (Lipinski definition) is 11. The van der Waals surface area contributed by atoms with Crippen molar-refractivity contribution in [1.29, 1.82) is 0 Å². The van der Waals surface area contributed by atoms with Gasteiger partial charge in [-0.15, -0.1) is 0 Å². The van der Waals surface area contributed by atoms with Crippen LogP contribution in [0.1, 0.15) is 26.7 Å². The number of carbonyl (C=O) groups is 2. The van der Waals surface area contributed by atoms with Crippen molar-refractivity contribution in [2.24, 2.45) is 0 Å². The fraction of sp³-hybridized carbons (Fsp3) is 0.370. The second kappa shape index (κ2) is 12.8. The van der Waals surface area contributed by atoms with E-state index in [2.05, 4.69) is 30.5 Å². The number of carboxylic acid groups (broad SMARTS) is 1. The first kappa shape index (κ1) is 29.5.